The molecule has 2 aromatic rings. The van der Waals surface area contributed by atoms with Crippen LogP contribution in [0.15, 0.2) is 17.1 Å². The van der Waals surface area contributed by atoms with Crippen molar-refractivity contribution < 1.29 is 13.9 Å². The standard InChI is InChI=1S/C15H10F2N8O/c16-6-1-2-7(26)8(10(6)17)12-9-11(20)5(3-18)13(21)24-14(9)25-15(23-12)22-4-19/h1-2,12,26H,(H6,20,21,22,23,24,25). The molecule has 11 heteroatoms. The maximum absolute atomic E-state index is 14.4. The molecule has 26 heavy (non-hydrogen) atoms. The third kappa shape index (κ3) is 2.44. The van der Waals surface area contributed by atoms with E-state index in [9.17, 15) is 19.1 Å². The van der Waals surface area contributed by atoms with Gasteiger partial charge in [0.2, 0.25) is 5.96 Å². The monoisotopic (exact) mass is 356 g/mol. The molecule has 1 aliphatic heterocycles. The van der Waals surface area contributed by atoms with Gasteiger partial charge in [-0.25, -0.2) is 18.8 Å². The summed E-state index contributed by atoms with van der Waals surface area (Å²) >= 11 is 0. The maximum atomic E-state index is 14.4. The van der Waals surface area contributed by atoms with Crippen LogP contribution in [0.1, 0.15) is 22.7 Å². The predicted molar refractivity (Wildman–Crippen MR) is 87.4 cm³/mol. The van der Waals surface area contributed by atoms with E-state index < -0.39 is 29.0 Å². The van der Waals surface area contributed by atoms with E-state index in [1.807, 2.05) is 0 Å². The first-order chi connectivity index (χ1) is 12.4. The number of rotatable bonds is 1. The van der Waals surface area contributed by atoms with Gasteiger partial charge in [0.15, 0.2) is 17.8 Å². The molecule has 1 aliphatic rings. The Morgan fingerprint density at radius 3 is 2.62 bits per heavy atom. The number of benzene rings is 1. The number of nitrogen functional groups attached to an aromatic ring is 2. The molecular weight excluding hydrogens is 346 g/mol. The number of nitrogens with two attached hydrogens (primary N) is 2. The second-order valence-corrected chi connectivity index (χ2v) is 5.20. The van der Waals surface area contributed by atoms with Gasteiger partial charge in [-0.15, -0.1) is 0 Å². The van der Waals surface area contributed by atoms with E-state index in [-0.39, 0.29) is 34.4 Å². The summed E-state index contributed by atoms with van der Waals surface area (Å²) < 4.78 is 28.1. The second kappa shape index (κ2) is 6.07. The fourth-order valence-corrected chi connectivity index (χ4v) is 2.61. The average Bonchev–Trinajstić information content (AvgIpc) is 2.58. The van der Waals surface area contributed by atoms with E-state index in [0.717, 1.165) is 12.1 Å². The SMILES string of the molecule is N#CNC1=NC(c2c(O)ccc(F)c2F)c2c(nc(N)c(C#N)c2N)N1. The van der Waals surface area contributed by atoms with Crippen LogP contribution in [0, 0.1) is 34.4 Å². The molecule has 2 heterocycles. The van der Waals surface area contributed by atoms with Crippen molar-refractivity contribution in [3.05, 3.63) is 40.5 Å². The molecule has 0 radical (unpaired) electrons. The first-order valence-corrected chi connectivity index (χ1v) is 7.04. The summed E-state index contributed by atoms with van der Waals surface area (Å²) in [5, 5.41) is 32.9. The van der Waals surface area contributed by atoms with Crippen molar-refractivity contribution >= 4 is 23.3 Å². The zero-order valence-electron chi connectivity index (χ0n) is 12.9. The van der Waals surface area contributed by atoms with Gasteiger partial charge in [0, 0.05) is 5.56 Å². The Morgan fingerprint density at radius 2 is 1.96 bits per heavy atom. The minimum absolute atomic E-state index is 0.0130. The number of hydrogen-bond acceptors (Lipinski definition) is 9. The quantitative estimate of drug-likeness (QED) is 0.373. The lowest BCUT2D eigenvalue weighted by atomic mass is 9.94. The third-order valence-electron chi connectivity index (χ3n) is 3.74. The zero-order valence-corrected chi connectivity index (χ0v) is 12.9. The minimum atomic E-state index is -1.38. The van der Waals surface area contributed by atoms with Gasteiger partial charge in [-0.1, -0.05) is 0 Å². The Balaban J connectivity index is 2.35. The smallest absolute Gasteiger partial charge is 0.211 e. The lowest BCUT2D eigenvalue weighted by Gasteiger charge is -2.26. The molecule has 0 amide bonds. The Labute approximate surface area is 145 Å². The topological polar surface area (TPSA) is 169 Å². The van der Waals surface area contributed by atoms with Crippen molar-refractivity contribution in [1.29, 1.82) is 10.5 Å². The molecule has 1 aromatic carbocycles. The maximum Gasteiger partial charge on any atom is 0.211 e. The van der Waals surface area contributed by atoms with Crippen LogP contribution < -0.4 is 22.1 Å². The number of aromatic hydroxyl groups is 1. The molecule has 7 N–H and O–H groups in total. The van der Waals surface area contributed by atoms with Crippen LogP contribution in [0.25, 0.3) is 0 Å². The number of anilines is 3. The van der Waals surface area contributed by atoms with Crippen molar-refractivity contribution in [2.75, 3.05) is 16.8 Å². The number of nitrogens with zero attached hydrogens (tertiary/aromatic N) is 4. The summed E-state index contributed by atoms with van der Waals surface area (Å²) in [7, 11) is 0. The van der Waals surface area contributed by atoms with Crippen molar-refractivity contribution in [1.82, 2.24) is 10.3 Å². The van der Waals surface area contributed by atoms with E-state index in [0.29, 0.717) is 0 Å². The Morgan fingerprint density at radius 1 is 1.23 bits per heavy atom. The number of aliphatic imine (C=N–C) groups is 1. The number of hydrogen-bond donors (Lipinski definition) is 5. The highest BCUT2D eigenvalue weighted by Crippen LogP contribution is 2.44. The van der Waals surface area contributed by atoms with Crippen LogP contribution in [0.5, 0.6) is 5.75 Å². The fourth-order valence-electron chi connectivity index (χ4n) is 2.61. The minimum Gasteiger partial charge on any atom is -0.507 e. The number of fused-ring (bicyclic) bond motifs is 1. The van der Waals surface area contributed by atoms with Crippen LogP contribution >= 0.6 is 0 Å². The van der Waals surface area contributed by atoms with Crippen LogP contribution in [-0.2, 0) is 0 Å². The van der Waals surface area contributed by atoms with Gasteiger partial charge in [-0.3, -0.25) is 5.32 Å². The van der Waals surface area contributed by atoms with E-state index >= 15 is 0 Å². The first kappa shape index (κ1) is 16.7. The molecular formula is C15H10F2N8O. The van der Waals surface area contributed by atoms with Crippen molar-refractivity contribution in [3.63, 3.8) is 0 Å². The number of nitriles is 2. The lowest BCUT2D eigenvalue weighted by molar-refractivity contribution is 0.437. The number of aromatic nitrogens is 1. The van der Waals surface area contributed by atoms with E-state index in [1.54, 1.807) is 12.3 Å². The summed E-state index contributed by atoms with van der Waals surface area (Å²) in [6.07, 6.45) is 1.62. The van der Waals surface area contributed by atoms with Gasteiger partial charge in [-0.2, -0.15) is 10.5 Å². The van der Waals surface area contributed by atoms with Crippen LogP contribution in [0.4, 0.5) is 26.1 Å². The highest BCUT2D eigenvalue weighted by Gasteiger charge is 2.33. The largest absolute Gasteiger partial charge is 0.507 e. The van der Waals surface area contributed by atoms with Gasteiger partial charge >= 0.3 is 0 Å². The first-order valence-electron chi connectivity index (χ1n) is 7.04. The molecule has 0 saturated heterocycles. The van der Waals surface area contributed by atoms with Crippen molar-refractivity contribution in [2.45, 2.75) is 6.04 Å². The predicted octanol–water partition coefficient (Wildman–Crippen LogP) is 1.04. The molecule has 0 saturated carbocycles. The number of halogens is 2. The van der Waals surface area contributed by atoms with Gasteiger partial charge in [-0.05, 0) is 12.1 Å². The molecule has 9 nitrogen and oxygen atoms in total. The molecule has 0 aliphatic carbocycles. The van der Waals surface area contributed by atoms with Gasteiger partial charge < -0.3 is 21.9 Å². The van der Waals surface area contributed by atoms with Crippen LogP contribution in [0.2, 0.25) is 0 Å². The number of guanidine groups is 1. The highest BCUT2D eigenvalue weighted by atomic mass is 19.2. The summed E-state index contributed by atoms with van der Waals surface area (Å²) in [4.78, 5) is 8.02. The summed E-state index contributed by atoms with van der Waals surface area (Å²) in [6, 6.07) is 2.10. The fraction of sp³-hybridized carbons (Fsp3) is 0.0667. The average molecular weight is 356 g/mol. The van der Waals surface area contributed by atoms with Crippen molar-refractivity contribution in [2.24, 2.45) is 4.99 Å². The van der Waals surface area contributed by atoms with Crippen LogP contribution in [0.3, 0.4) is 0 Å². The molecule has 0 bridgehead atoms. The number of phenolic OH excluding ortho intramolecular Hbond substituents is 1. The Hall–Kier alpha value is -4.12. The highest BCUT2D eigenvalue weighted by molar-refractivity contribution is 5.98. The second-order valence-electron chi connectivity index (χ2n) is 5.20. The van der Waals surface area contributed by atoms with Gasteiger partial charge in [0.05, 0.1) is 11.3 Å². The molecule has 1 unspecified atom stereocenters. The third-order valence-corrected chi connectivity index (χ3v) is 3.74. The Kier molecular flexibility index (Phi) is 3.90. The lowest BCUT2D eigenvalue weighted by Crippen LogP contribution is -2.33. The van der Waals surface area contributed by atoms with Gasteiger partial charge in [0.1, 0.15) is 35.1 Å². The number of pyridine rings is 1. The zero-order chi connectivity index (χ0) is 19.0. The molecule has 1 atom stereocenters. The summed E-state index contributed by atoms with van der Waals surface area (Å²) in [5.41, 5.74) is 10.8. The number of phenols is 1. The summed E-state index contributed by atoms with van der Waals surface area (Å²) in [5.74, 6) is -3.51. The number of nitrogens with one attached hydrogen (secondary N) is 2. The Bertz CT molecular complexity index is 1040. The van der Waals surface area contributed by atoms with E-state index in [1.165, 1.54) is 0 Å². The molecule has 1 aromatic heterocycles. The summed E-state index contributed by atoms with van der Waals surface area (Å²) in [6.45, 7) is 0. The molecule has 3 rings (SSSR count). The van der Waals surface area contributed by atoms with E-state index in [4.69, 9.17) is 16.7 Å². The van der Waals surface area contributed by atoms with Gasteiger partial charge in [0.25, 0.3) is 0 Å². The molecule has 0 fully saturated rings. The van der Waals surface area contributed by atoms with Crippen molar-refractivity contribution in [3.8, 4) is 18.0 Å². The molecule has 130 valence electrons. The normalized spacial score (nSPS) is 15.1. The van der Waals surface area contributed by atoms with E-state index in [2.05, 4.69) is 20.6 Å². The van der Waals surface area contributed by atoms with Crippen LogP contribution in [-0.4, -0.2) is 16.1 Å². The molecule has 0 spiro atoms.